The highest BCUT2D eigenvalue weighted by Gasteiger charge is 2.40. The van der Waals surface area contributed by atoms with Gasteiger partial charge in [-0.25, -0.2) is 0 Å². The third-order valence-electron chi connectivity index (χ3n) is 4.20. The molecule has 0 aliphatic heterocycles. The quantitative estimate of drug-likeness (QED) is 0.172. The monoisotopic (exact) mass is 540 g/mol. The first-order valence-corrected chi connectivity index (χ1v) is 30.0. The van der Waals surface area contributed by atoms with Crippen LogP contribution >= 0.6 is 0 Å². The van der Waals surface area contributed by atoms with Gasteiger partial charge < -0.3 is 22.1 Å². The van der Waals surface area contributed by atoms with Crippen molar-refractivity contribution in [2.24, 2.45) is 0 Å². The van der Waals surface area contributed by atoms with Crippen LogP contribution in [-0.2, 0) is 16.8 Å². The van der Waals surface area contributed by atoms with Crippen LogP contribution in [-0.4, -0.2) is 70.2 Å². The zero-order valence-corrected chi connectivity index (χ0v) is 29.1. The minimum absolute atomic E-state index is 0.386. The molecule has 11 heteroatoms. The summed E-state index contributed by atoms with van der Waals surface area (Å²) in [5.74, 6) is 0. The molecule has 0 rings (SSSR count). The van der Waals surface area contributed by atoms with Gasteiger partial charge in [-0.15, -0.1) is 0 Å². The SMILES string of the molecule is C[Si](C)CO[Si](C)(CCCNCCC[Si](C)(O[Si](C)(C)C)O[Si](C)(C)C)O[Si](C)(C)C. The molecule has 0 fully saturated rings. The lowest BCUT2D eigenvalue weighted by molar-refractivity contribution is 0.280. The molecule has 0 heterocycles. The molecule has 0 saturated heterocycles. The molecule has 5 nitrogen and oxygen atoms in total. The van der Waals surface area contributed by atoms with Crippen molar-refractivity contribution in [1.29, 1.82) is 0 Å². The highest BCUT2D eigenvalue weighted by Crippen LogP contribution is 2.25. The third kappa shape index (κ3) is 19.1. The maximum absolute atomic E-state index is 6.61. The molecule has 0 spiro atoms. The molecule has 0 amide bonds. The van der Waals surface area contributed by atoms with Gasteiger partial charge in [0.15, 0.2) is 25.0 Å². The molecule has 0 bridgehead atoms. The van der Waals surface area contributed by atoms with Crippen LogP contribution in [0.25, 0.3) is 0 Å². The smallest absolute Gasteiger partial charge is 0.324 e. The van der Waals surface area contributed by atoms with Crippen LogP contribution in [0.5, 0.6) is 0 Å². The predicted octanol–water partition coefficient (Wildman–Crippen LogP) is 6.36. The van der Waals surface area contributed by atoms with Gasteiger partial charge in [0.05, 0.1) is 8.80 Å². The third-order valence-corrected chi connectivity index (χ3v) is 21.0. The van der Waals surface area contributed by atoms with E-state index in [4.69, 9.17) is 16.8 Å². The second kappa shape index (κ2) is 13.3. The van der Waals surface area contributed by atoms with Crippen LogP contribution in [0.3, 0.4) is 0 Å². The Kier molecular flexibility index (Phi) is 13.7. The van der Waals surface area contributed by atoms with E-state index in [2.05, 4.69) is 90.4 Å². The summed E-state index contributed by atoms with van der Waals surface area (Å²) < 4.78 is 26.2. The van der Waals surface area contributed by atoms with E-state index in [9.17, 15) is 0 Å². The molecule has 0 saturated carbocycles. The molecule has 1 atom stereocenters. The van der Waals surface area contributed by atoms with Gasteiger partial charge in [0.25, 0.3) is 0 Å². The standard InChI is InChI=1S/C20H54NO4Si6/c1-26(2)20-22-30(12,23-27(3,4)5)18-14-16-21-17-15-19-31(13,24-28(6,7)8)25-29(9,10)11/h21H,14-20H2,1-13H3. The number of nitrogens with one attached hydrogen (secondary N) is 1. The molecular formula is C20H54NO4Si6. The van der Waals surface area contributed by atoms with Crippen LogP contribution < -0.4 is 5.32 Å². The van der Waals surface area contributed by atoms with E-state index in [0.717, 1.165) is 44.2 Å². The van der Waals surface area contributed by atoms with E-state index in [0.29, 0.717) is 0 Å². The van der Waals surface area contributed by atoms with Gasteiger partial charge in [-0.2, -0.15) is 0 Å². The summed E-state index contributed by atoms with van der Waals surface area (Å²) in [7, 11) is -9.39. The molecule has 1 unspecified atom stereocenters. The normalized spacial score (nSPS) is 16.1. The van der Waals surface area contributed by atoms with Crippen LogP contribution in [0.15, 0.2) is 0 Å². The van der Waals surface area contributed by atoms with Gasteiger partial charge in [0, 0.05) is 6.23 Å². The van der Waals surface area contributed by atoms with Crippen molar-refractivity contribution in [3.63, 3.8) is 0 Å². The molecule has 0 aliphatic carbocycles. The summed E-state index contributed by atoms with van der Waals surface area (Å²) in [6.45, 7) is 31.7. The molecule has 0 aromatic rings. The average Bonchev–Trinajstić information content (AvgIpc) is 2.46. The van der Waals surface area contributed by atoms with E-state index in [1.54, 1.807) is 0 Å². The molecule has 0 aliphatic rings. The Balaban J connectivity index is 4.50. The predicted molar refractivity (Wildman–Crippen MR) is 152 cm³/mol. The van der Waals surface area contributed by atoms with Gasteiger partial charge in [-0.05, 0) is 110 Å². The zero-order valence-electron chi connectivity index (χ0n) is 23.1. The van der Waals surface area contributed by atoms with E-state index in [1.807, 2.05) is 0 Å². The van der Waals surface area contributed by atoms with Crippen molar-refractivity contribution < 1.29 is 16.8 Å². The van der Waals surface area contributed by atoms with E-state index >= 15 is 0 Å². The second-order valence-corrected chi connectivity index (χ2v) is 36.0. The summed E-state index contributed by atoms with van der Waals surface area (Å²) in [6.07, 6.45) is 3.14. The fraction of sp³-hybridized carbons (Fsp3) is 1.00. The van der Waals surface area contributed by atoms with E-state index in [-0.39, 0.29) is 8.80 Å². The van der Waals surface area contributed by atoms with Crippen molar-refractivity contribution in [2.45, 2.75) is 110 Å². The summed E-state index contributed by atoms with van der Waals surface area (Å²) in [5.41, 5.74) is 0. The van der Waals surface area contributed by atoms with Crippen LogP contribution in [0, 0.1) is 0 Å². The number of hydrogen-bond donors (Lipinski definition) is 1. The maximum atomic E-state index is 6.61. The Labute approximate surface area is 201 Å². The van der Waals surface area contributed by atoms with Crippen LogP contribution in [0.4, 0.5) is 0 Å². The lowest BCUT2D eigenvalue weighted by Gasteiger charge is -2.38. The summed E-state index contributed by atoms with van der Waals surface area (Å²) >= 11 is 0. The zero-order chi connectivity index (χ0) is 24.6. The fourth-order valence-corrected chi connectivity index (χ4v) is 25.4. The Morgan fingerprint density at radius 1 is 0.581 bits per heavy atom. The molecule has 0 aromatic carbocycles. The van der Waals surface area contributed by atoms with Crippen LogP contribution in [0.1, 0.15) is 12.8 Å². The van der Waals surface area contributed by atoms with Gasteiger partial charge in [0.1, 0.15) is 0 Å². The van der Waals surface area contributed by atoms with Crippen molar-refractivity contribution in [3.8, 4) is 0 Å². The Morgan fingerprint density at radius 2 is 0.935 bits per heavy atom. The minimum Gasteiger partial charge on any atom is -0.437 e. The highest BCUT2D eigenvalue weighted by molar-refractivity contribution is 6.87. The number of rotatable bonds is 17. The summed E-state index contributed by atoms with van der Waals surface area (Å²) in [6, 6.07) is 2.14. The molecular weight excluding hydrogens is 487 g/mol. The van der Waals surface area contributed by atoms with E-state index in [1.165, 1.54) is 0 Å². The van der Waals surface area contributed by atoms with Gasteiger partial charge >= 0.3 is 17.1 Å². The first kappa shape index (κ1) is 32.1. The van der Waals surface area contributed by atoms with Gasteiger partial charge in [-0.3, -0.25) is 0 Å². The first-order chi connectivity index (χ1) is 13.7. The highest BCUT2D eigenvalue weighted by atomic mass is 28.5. The molecule has 1 radical (unpaired) electrons. The van der Waals surface area contributed by atoms with Crippen molar-refractivity contribution in [3.05, 3.63) is 0 Å². The van der Waals surface area contributed by atoms with Crippen molar-refractivity contribution in [1.82, 2.24) is 5.32 Å². The average molecular weight is 541 g/mol. The lowest BCUT2D eigenvalue weighted by Crippen LogP contribution is -2.52. The van der Waals surface area contributed by atoms with Crippen molar-refractivity contribution in [2.75, 3.05) is 19.3 Å². The first-order valence-electron chi connectivity index (χ1n) is 12.0. The largest absolute Gasteiger partial charge is 0.437 e. The molecule has 0 aromatic heterocycles. The van der Waals surface area contributed by atoms with Gasteiger partial charge in [0.2, 0.25) is 0 Å². The van der Waals surface area contributed by atoms with Gasteiger partial charge in [-0.1, -0.05) is 13.1 Å². The fourth-order valence-electron chi connectivity index (χ4n) is 3.71. The number of hydrogen-bond acceptors (Lipinski definition) is 5. The van der Waals surface area contributed by atoms with E-state index < -0.39 is 42.1 Å². The second-order valence-electron chi connectivity index (χ2n) is 12.4. The molecule has 1 N–H and O–H groups in total. The molecule has 31 heavy (non-hydrogen) atoms. The minimum atomic E-state index is -2.11. The topological polar surface area (TPSA) is 49.0 Å². The van der Waals surface area contributed by atoms with Crippen LogP contribution in [0.2, 0.25) is 97.2 Å². The molecule has 187 valence electrons. The Hall–Kier alpha value is 1.10. The lowest BCUT2D eigenvalue weighted by atomic mass is 10.4. The summed E-state index contributed by atoms with van der Waals surface area (Å²) in [5, 5.41) is 3.65. The summed E-state index contributed by atoms with van der Waals surface area (Å²) in [4.78, 5) is 0. The van der Waals surface area contributed by atoms with Crippen molar-refractivity contribution >= 4 is 50.9 Å². The Bertz CT molecular complexity index is 489. The Morgan fingerprint density at radius 3 is 1.29 bits per heavy atom. The maximum Gasteiger partial charge on any atom is 0.324 e.